The number of nitrogens with one attached hydrogen (secondary N) is 1. The van der Waals surface area contributed by atoms with Gasteiger partial charge in [0, 0.05) is 43.0 Å². The van der Waals surface area contributed by atoms with E-state index in [0.717, 1.165) is 5.56 Å². The smallest absolute Gasteiger partial charge is 0.269 e. The van der Waals surface area contributed by atoms with Gasteiger partial charge in [-0.2, -0.15) is 4.31 Å². The summed E-state index contributed by atoms with van der Waals surface area (Å²) in [5.41, 5.74) is 1.56. The largest absolute Gasteiger partial charge is 0.368 e. The van der Waals surface area contributed by atoms with Crippen LogP contribution < -0.4 is 10.2 Å². The number of nitrogens with zero attached hydrogens (tertiary/aromatic N) is 5. The molecule has 1 fully saturated rings. The van der Waals surface area contributed by atoms with Crippen LogP contribution in [0.15, 0.2) is 59.8 Å². The summed E-state index contributed by atoms with van der Waals surface area (Å²) in [6, 6.07) is 12.2. The maximum atomic E-state index is 13.7. The van der Waals surface area contributed by atoms with Crippen LogP contribution in [0.4, 0.5) is 17.3 Å². The summed E-state index contributed by atoms with van der Waals surface area (Å²) in [5, 5.41) is 14.4. The van der Waals surface area contributed by atoms with Crippen LogP contribution in [0.1, 0.15) is 16.5 Å². The predicted octanol–water partition coefficient (Wildman–Crippen LogP) is 3.91. The number of benzene rings is 2. The number of non-ortho nitro benzene ring substituents is 1. The van der Waals surface area contributed by atoms with Gasteiger partial charge in [-0.3, -0.25) is 10.1 Å². The molecule has 5 rings (SSSR count). The highest BCUT2D eigenvalue weighted by atomic mass is 35.5. The first-order valence-electron chi connectivity index (χ1n) is 10.7. The summed E-state index contributed by atoms with van der Waals surface area (Å²) in [7, 11) is -2.05. The molecule has 0 unspecified atom stereocenters. The van der Waals surface area contributed by atoms with Gasteiger partial charge in [0.25, 0.3) is 5.69 Å². The molecule has 3 heterocycles. The average Bonchev–Trinajstić information content (AvgIpc) is 3.20. The fourth-order valence-corrected chi connectivity index (χ4v) is 8.05. The zero-order chi connectivity index (χ0) is 24.7. The number of anilines is 2. The van der Waals surface area contributed by atoms with Gasteiger partial charge in [-0.1, -0.05) is 23.7 Å². The Hall–Kier alpha value is -2.93. The minimum atomic E-state index is -3.95. The van der Waals surface area contributed by atoms with E-state index in [2.05, 4.69) is 15.3 Å². The lowest BCUT2D eigenvalue weighted by Gasteiger charge is -2.29. The highest BCUT2D eigenvalue weighted by molar-refractivity contribution is 8.01. The van der Waals surface area contributed by atoms with Gasteiger partial charge in [-0.05, 0) is 29.8 Å². The van der Waals surface area contributed by atoms with E-state index in [4.69, 9.17) is 11.6 Å². The molecule has 0 amide bonds. The summed E-state index contributed by atoms with van der Waals surface area (Å²) < 4.78 is 29.0. The highest BCUT2D eigenvalue weighted by Crippen LogP contribution is 2.50. The van der Waals surface area contributed by atoms with Crippen molar-refractivity contribution in [3.05, 3.63) is 81.1 Å². The van der Waals surface area contributed by atoms with E-state index in [1.165, 1.54) is 46.7 Å². The van der Waals surface area contributed by atoms with Crippen molar-refractivity contribution in [2.45, 2.75) is 22.9 Å². The molecule has 3 aromatic rings. The summed E-state index contributed by atoms with van der Waals surface area (Å²) in [4.78, 5) is 21.4. The number of nitro groups is 1. The third kappa shape index (κ3) is 4.42. The highest BCUT2D eigenvalue weighted by Gasteiger charge is 2.47. The van der Waals surface area contributed by atoms with Crippen molar-refractivity contribution in [2.24, 2.45) is 0 Å². The molecule has 0 aliphatic carbocycles. The Labute approximate surface area is 211 Å². The van der Waals surface area contributed by atoms with Crippen LogP contribution in [0.3, 0.4) is 0 Å². The van der Waals surface area contributed by atoms with Crippen LogP contribution in [0.2, 0.25) is 5.02 Å². The zero-order valence-corrected chi connectivity index (χ0v) is 20.9. The Kier molecular flexibility index (Phi) is 6.30. The van der Waals surface area contributed by atoms with Gasteiger partial charge in [0.2, 0.25) is 10.0 Å². The molecule has 1 N–H and O–H groups in total. The van der Waals surface area contributed by atoms with Gasteiger partial charge in [-0.25, -0.2) is 18.4 Å². The van der Waals surface area contributed by atoms with E-state index in [9.17, 15) is 18.5 Å². The summed E-state index contributed by atoms with van der Waals surface area (Å²) in [6.07, 6.45) is 1.47. The quantitative estimate of drug-likeness (QED) is 0.372. The molecule has 2 bridgehead atoms. The number of nitro benzene ring substituents is 1. The molecule has 2 aromatic carbocycles. The molecular weight excluding hydrogens is 512 g/mol. The zero-order valence-electron chi connectivity index (χ0n) is 18.5. The Bertz CT molecular complexity index is 1370. The fourth-order valence-electron chi connectivity index (χ4n) is 4.30. The minimum absolute atomic E-state index is 0.0111. The Morgan fingerprint density at radius 2 is 1.91 bits per heavy atom. The number of fused-ring (bicyclic) bond motifs is 4. The maximum Gasteiger partial charge on any atom is 0.269 e. The van der Waals surface area contributed by atoms with E-state index in [1.807, 2.05) is 36.2 Å². The fraction of sp³-hybridized carbons (Fsp3) is 0.273. The topological polar surface area (TPSA) is 122 Å². The normalized spacial score (nSPS) is 19.5. The SMILES string of the molecule is CN(Cc1ccc(Cl)cc1)c1ncnc2c1[C@@H]1SC[C@H](CN2)N1S(=O)(=O)c1ccc([N+](=O)[O-])cc1. The first-order chi connectivity index (χ1) is 16.8. The number of hydrogen-bond acceptors (Lipinski definition) is 9. The van der Waals surface area contributed by atoms with Gasteiger partial charge >= 0.3 is 0 Å². The standard InChI is InChI=1S/C22H21ClN6O4S2/c1-27(11-14-2-4-15(23)5-3-14)21-19-20(25-13-26-21)24-10-17-12-34-22(19)28(17)35(32,33)18-8-6-16(7-9-18)29(30)31/h2-9,13,17,22H,10-12H2,1H3,(H,24,25,26)/t17-,22-/m0/s1. The van der Waals surface area contributed by atoms with Crippen LogP contribution in [0.25, 0.3) is 0 Å². The number of sulfonamides is 1. The molecule has 13 heteroatoms. The molecular formula is C22H21ClN6O4S2. The van der Waals surface area contributed by atoms with Crippen molar-refractivity contribution >= 4 is 50.7 Å². The van der Waals surface area contributed by atoms with E-state index < -0.39 is 20.3 Å². The molecule has 1 saturated heterocycles. The molecule has 182 valence electrons. The molecule has 0 radical (unpaired) electrons. The van der Waals surface area contributed by atoms with Crippen molar-refractivity contribution in [2.75, 3.05) is 29.6 Å². The van der Waals surface area contributed by atoms with Crippen molar-refractivity contribution in [3.8, 4) is 0 Å². The first kappa shape index (κ1) is 23.8. The average molecular weight is 533 g/mol. The maximum absolute atomic E-state index is 13.7. The molecule has 2 aliphatic rings. The lowest BCUT2D eigenvalue weighted by atomic mass is 10.2. The number of rotatable bonds is 6. The second-order valence-electron chi connectivity index (χ2n) is 8.25. The van der Waals surface area contributed by atoms with Crippen molar-refractivity contribution in [1.29, 1.82) is 0 Å². The number of aromatic nitrogens is 2. The van der Waals surface area contributed by atoms with Crippen molar-refractivity contribution in [3.63, 3.8) is 0 Å². The molecule has 0 spiro atoms. The molecule has 10 nitrogen and oxygen atoms in total. The van der Waals surface area contributed by atoms with Crippen LogP contribution in [0.5, 0.6) is 0 Å². The van der Waals surface area contributed by atoms with Crippen LogP contribution >= 0.6 is 23.4 Å². The number of halogens is 1. The number of thioether (sulfide) groups is 1. The molecule has 1 aromatic heterocycles. The van der Waals surface area contributed by atoms with Gasteiger partial charge in [-0.15, -0.1) is 11.8 Å². The summed E-state index contributed by atoms with van der Waals surface area (Å²) in [6.45, 7) is 0.927. The summed E-state index contributed by atoms with van der Waals surface area (Å²) >= 11 is 7.53. The van der Waals surface area contributed by atoms with Gasteiger partial charge in [0.1, 0.15) is 23.3 Å². The van der Waals surface area contributed by atoms with E-state index >= 15 is 0 Å². The molecule has 2 atom stereocenters. The second-order valence-corrected chi connectivity index (χ2v) is 11.6. The molecule has 35 heavy (non-hydrogen) atoms. The van der Waals surface area contributed by atoms with Crippen molar-refractivity contribution < 1.29 is 13.3 Å². The Balaban J connectivity index is 1.53. The summed E-state index contributed by atoms with van der Waals surface area (Å²) in [5.74, 6) is 1.82. The third-order valence-corrected chi connectivity index (χ3v) is 9.64. The van der Waals surface area contributed by atoms with Crippen LogP contribution in [0, 0.1) is 10.1 Å². The van der Waals surface area contributed by atoms with Gasteiger partial charge in [0.15, 0.2) is 0 Å². The van der Waals surface area contributed by atoms with Crippen LogP contribution in [-0.4, -0.2) is 53.0 Å². The monoisotopic (exact) mass is 532 g/mol. The first-order valence-corrected chi connectivity index (χ1v) is 13.6. The van der Waals surface area contributed by atoms with Gasteiger partial charge in [0.05, 0.1) is 21.4 Å². The van der Waals surface area contributed by atoms with Crippen LogP contribution in [-0.2, 0) is 16.6 Å². The second kappa shape index (κ2) is 9.26. The predicted molar refractivity (Wildman–Crippen MR) is 135 cm³/mol. The van der Waals surface area contributed by atoms with Gasteiger partial charge < -0.3 is 10.2 Å². The lowest BCUT2D eigenvalue weighted by Crippen LogP contribution is -2.40. The van der Waals surface area contributed by atoms with E-state index in [0.29, 0.717) is 41.1 Å². The lowest BCUT2D eigenvalue weighted by molar-refractivity contribution is -0.384. The van der Waals surface area contributed by atoms with Crippen molar-refractivity contribution in [1.82, 2.24) is 14.3 Å². The third-order valence-electron chi connectivity index (χ3n) is 5.97. The Morgan fingerprint density at radius 3 is 2.60 bits per heavy atom. The van der Waals surface area contributed by atoms with E-state index in [-0.39, 0.29) is 16.6 Å². The Morgan fingerprint density at radius 1 is 1.20 bits per heavy atom. The molecule has 0 saturated carbocycles. The minimum Gasteiger partial charge on any atom is -0.368 e. The molecule has 2 aliphatic heterocycles. The van der Waals surface area contributed by atoms with E-state index in [1.54, 1.807) is 0 Å². The number of hydrogen-bond donors (Lipinski definition) is 1.